The van der Waals surface area contributed by atoms with Crippen molar-refractivity contribution in [2.24, 2.45) is 0 Å². The van der Waals surface area contributed by atoms with Gasteiger partial charge in [-0.1, -0.05) is 65.5 Å². The number of benzene rings is 2. The second-order valence-electron chi connectivity index (χ2n) is 6.88. The summed E-state index contributed by atoms with van der Waals surface area (Å²) in [6, 6.07) is 8.44. The molecule has 0 aliphatic carbocycles. The van der Waals surface area contributed by atoms with Gasteiger partial charge in [-0.15, -0.1) is 0 Å². The molecule has 29 heavy (non-hydrogen) atoms. The van der Waals surface area contributed by atoms with Crippen LogP contribution in [0.4, 0.5) is 5.69 Å². The highest BCUT2D eigenvalue weighted by molar-refractivity contribution is 7.92. The Morgan fingerprint density at radius 1 is 1.07 bits per heavy atom. The highest BCUT2D eigenvalue weighted by Gasteiger charge is 2.25. The van der Waals surface area contributed by atoms with E-state index in [1.807, 2.05) is 39.0 Å². The Kier molecular flexibility index (Phi) is 7.85. The van der Waals surface area contributed by atoms with E-state index in [-0.39, 0.29) is 26.8 Å². The largest absolute Gasteiger partial charge is 0.348 e. The van der Waals surface area contributed by atoms with Crippen molar-refractivity contribution < 1.29 is 13.2 Å². The predicted octanol–water partition coefficient (Wildman–Crippen LogP) is 5.30. The summed E-state index contributed by atoms with van der Waals surface area (Å²) in [5, 5.41) is 3.33. The summed E-state index contributed by atoms with van der Waals surface area (Å²) in [4.78, 5) is 12.7. The first-order chi connectivity index (χ1) is 13.4. The zero-order chi connectivity index (χ0) is 21.9. The molecule has 0 bridgehead atoms. The lowest BCUT2D eigenvalue weighted by Crippen LogP contribution is -2.41. The number of amides is 1. The second kappa shape index (κ2) is 9.56. The van der Waals surface area contributed by atoms with Gasteiger partial charge in [-0.25, -0.2) is 8.42 Å². The third kappa shape index (κ3) is 6.01. The van der Waals surface area contributed by atoms with Crippen LogP contribution < -0.4 is 9.62 Å². The maximum atomic E-state index is 12.7. The molecule has 0 aromatic heterocycles. The molecule has 2 aromatic rings. The van der Waals surface area contributed by atoms with Crippen molar-refractivity contribution in [1.82, 2.24) is 5.32 Å². The summed E-state index contributed by atoms with van der Waals surface area (Å²) >= 11 is 18.1. The Bertz CT molecular complexity index is 1030. The molecular weight excluding hydrogens is 455 g/mol. The number of anilines is 1. The number of halogens is 3. The molecule has 9 heteroatoms. The van der Waals surface area contributed by atoms with Crippen LogP contribution in [-0.4, -0.2) is 27.1 Å². The van der Waals surface area contributed by atoms with E-state index < -0.39 is 22.5 Å². The summed E-state index contributed by atoms with van der Waals surface area (Å²) in [5.74, 6) is -0.454. The van der Waals surface area contributed by atoms with Crippen LogP contribution in [-0.2, 0) is 14.8 Å². The molecule has 0 radical (unpaired) electrons. The quantitative estimate of drug-likeness (QED) is 0.550. The van der Waals surface area contributed by atoms with Crippen LogP contribution >= 0.6 is 34.8 Å². The molecule has 0 aliphatic rings. The molecule has 158 valence electrons. The third-order valence-electron chi connectivity index (χ3n) is 4.49. The van der Waals surface area contributed by atoms with Crippen molar-refractivity contribution in [3.8, 4) is 0 Å². The average Bonchev–Trinajstić information content (AvgIpc) is 2.60. The lowest BCUT2D eigenvalue weighted by molar-refractivity contribution is -0.120. The molecule has 0 saturated heterocycles. The van der Waals surface area contributed by atoms with Crippen molar-refractivity contribution in [3.63, 3.8) is 0 Å². The summed E-state index contributed by atoms with van der Waals surface area (Å²) in [6.07, 6.45) is 1.66. The molecular formula is C20H23Cl3N2O3S. The van der Waals surface area contributed by atoms with E-state index in [0.717, 1.165) is 27.3 Å². The summed E-state index contributed by atoms with van der Waals surface area (Å²) in [6.45, 7) is 5.50. The number of hydrogen-bond acceptors (Lipinski definition) is 3. The Morgan fingerprint density at radius 2 is 1.69 bits per heavy atom. The van der Waals surface area contributed by atoms with Crippen molar-refractivity contribution in [1.29, 1.82) is 0 Å². The molecule has 1 atom stereocenters. The van der Waals surface area contributed by atoms with Crippen LogP contribution in [0.15, 0.2) is 30.3 Å². The van der Waals surface area contributed by atoms with Crippen LogP contribution in [0.25, 0.3) is 0 Å². The van der Waals surface area contributed by atoms with E-state index in [4.69, 9.17) is 34.8 Å². The Morgan fingerprint density at radius 3 is 2.24 bits per heavy atom. The number of aryl methyl sites for hydroxylation is 2. The average molecular weight is 478 g/mol. The predicted molar refractivity (Wildman–Crippen MR) is 121 cm³/mol. The topological polar surface area (TPSA) is 66.5 Å². The lowest BCUT2D eigenvalue weighted by Gasteiger charge is -2.25. The molecule has 1 unspecified atom stereocenters. The zero-order valence-corrected chi connectivity index (χ0v) is 19.7. The Balaban J connectivity index is 2.30. The first-order valence-corrected chi connectivity index (χ1v) is 11.9. The molecule has 0 spiro atoms. The number of sulfonamides is 1. The van der Waals surface area contributed by atoms with E-state index in [2.05, 4.69) is 5.32 Å². The van der Waals surface area contributed by atoms with Crippen LogP contribution in [0.2, 0.25) is 15.1 Å². The lowest BCUT2D eigenvalue weighted by atomic mass is 9.97. The van der Waals surface area contributed by atoms with Gasteiger partial charge in [0.2, 0.25) is 15.9 Å². The summed E-state index contributed by atoms with van der Waals surface area (Å²) in [7, 11) is -3.80. The highest BCUT2D eigenvalue weighted by Crippen LogP contribution is 2.35. The van der Waals surface area contributed by atoms with Gasteiger partial charge in [0.05, 0.1) is 33.1 Å². The molecule has 5 nitrogen and oxygen atoms in total. The Labute approximate surface area is 187 Å². The minimum Gasteiger partial charge on any atom is -0.348 e. The fourth-order valence-electron chi connectivity index (χ4n) is 3.07. The van der Waals surface area contributed by atoms with Crippen LogP contribution in [0, 0.1) is 13.8 Å². The highest BCUT2D eigenvalue weighted by atomic mass is 35.5. The molecule has 1 amide bonds. The molecule has 2 rings (SSSR count). The van der Waals surface area contributed by atoms with E-state index in [0.29, 0.717) is 6.42 Å². The number of nitrogens with one attached hydrogen (secondary N) is 1. The van der Waals surface area contributed by atoms with Crippen LogP contribution in [0.5, 0.6) is 0 Å². The first-order valence-electron chi connectivity index (χ1n) is 8.92. The molecule has 0 aliphatic heterocycles. The van der Waals surface area contributed by atoms with E-state index >= 15 is 0 Å². The molecule has 0 fully saturated rings. The molecule has 2 aromatic carbocycles. The smallest absolute Gasteiger partial charge is 0.241 e. The summed E-state index contributed by atoms with van der Waals surface area (Å²) in [5.41, 5.74) is 3.28. The Hall–Kier alpha value is -1.47. The summed E-state index contributed by atoms with van der Waals surface area (Å²) < 4.78 is 25.6. The second-order valence-corrected chi connectivity index (χ2v) is 10.0. The van der Waals surface area contributed by atoms with Gasteiger partial charge in [0.1, 0.15) is 6.54 Å². The number of carbonyl (C=O) groups excluding carboxylic acids is 1. The van der Waals surface area contributed by atoms with Crippen molar-refractivity contribution in [2.75, 3.05) is 17.1 Å². The molecule has 1 N–H and O–H groups in total. The number of hydrogen-bond donors (Lipinski definition) is 1. The fourth-order valence-corrected chi connectivity index (χ4v) is 4.62. The standard InChI is InChI=1S/C20H23Cl3N2O3S/c1-5-18(14-7-6-12(2)8-13(14)3)24-20(26)11-25(29(4,27)28)19-10-16(22)15(21)9-17(19)23/h6-10,18H,5,11H2,1-4H3,(H,24,26). The third-order valence-corrected chi connectivity index (χ3v) is 6.64. The van der Waals surface area contributed by atoms with Gasteiger partial charge >= 0.3 is 0 Å². The van der Waals surface area contributed by atoms with Gasteiger partial charge in [-0.3, -0.25) is 9.10 Å². The zero-order valence-electron chi connectivity index (χ0n) is 16.6. The van der Waals surface area contributed by atoms with Crippen molar-refractivity contribution >= 4 is 56.4 Å². The fraction of sp³-hybridized carbons (Fsp3) is 0.350. The van der Waals surface area contributed by atoms with Gasteiger partial charge in [0.25, 0.3) is 0 Å². The van der Waals surface area contributed by atoms with Gasteiger partial charge in [-0.2, -0.15) is 0 Å². The monoisotopic (exact) mass is 476 g/mol. The number of nitrogens with zero attached hydrogens (tertiary/aromatic N) is 1. The normalized spacial score (nSPS) is 12.5. The maximum absolute atomic E-state index is 12.7. The SMILES string of the molecule is CCC(NC(=O)CN(c1cc(Cl)c(Cl)cc1Cl)S(C)(=O)=O)c1ccc(C)cc1C. The number of carbonyl (C=O) groups is 1. The molecule has 0 heterocycles. The van der Waals surface area contributed by atoms with Gasteiger partial charge in [-0.05, 0) is 43.5 Å². The van der Waals surface area contributed by atoms with E-state index in [1.54, 1.807) is 0 Å². The van der Waals surface area contributed by atoms with Gasteiger partial charge < -0.3 is 5.32 Å². The minimum absolute atomic E-state index is 0.0824. The maximum Gasteiger partial charge on any atom is 0.241 e. The van der Waals surface area contributed by atoms with Crippen LogP contribution in [0.1, 0.15) is 36.1 Å². The minimum atomic E-state index is -3.80. The first kappa shape index (κ1) is 23.8. The van der Waals surface area contributed by atoms with Gasteiger partial charge in [0, 0.05) is 0 Å². The van der Waals surface area contributed by atoms with Crippen molar-refractivity contribution in [3.05, 3.63) is 62.1 Å². The van der Waals surface area contributed by atoms with Crippen molar-refractivity contribution in [2.45, 2.75) is 33.2 Å². The van der Waals surface area contributed by atoms with E-state index in [1.165, 1.54) is 12.1 Å². The van der Waals surface area contributed by atoms with Crippen LogP contribution in [0.3, 0.4) is 0 Å². The van der Waals surface area contributed by atoms with E-state index in [9.17, 15) is 13.2 Å². The van der Waals surface area contributed by atoms with Gasteiger partial charge in [0.15, 0.2) is 0 Å². The molecule has 0 saturated carbocycles. The number of rotatable bonds is 7.